The number of likely N-dealkylation sites (tertiary alicyclic amines) is 1. The highest BCUT2D eigenvalue weighted by Gasteiger charge is 2.47. The maximum atomic E-state index is 13.2. The lowest BCUT2D eigenvalue weighted by Crippen LogP contribution is -2.31. The van der Waals surface area contributed by atoms with E-state index in [0.717, 1.165) is 5.56 Å². The molecule has 1 unspecified atom stereocenters. The molecule has 3 aromatic rings. The van der Waals surface area contributed by atoms with Crippen LogP contribution in [-0.2, 0) is 16.0 Å². The number of aliphatic hydroxyl groups is 1. The average Bonchev–Trinajstić information content (AvgIpc) is 3.35. The molecule has 2 aromatic carbocycles. The summed E-state index contributed by atoms with van der Waals surface area (Å²) in [6.07, 6.45) is 1.84. The Morgan fingerprint density at radius 3 is 2.53 bits per heavy atom. The molecule has 0 bridgehead atoms. The number of hydrogen-bond acceptors (Lipinski definition) is 4. The van der Waals surface area contributed by atoms with Gasteiger partial charge >= 0.3 is 0 Å². The van der Waals surface area contributed by atoms with E-state index in [4.69, 9.17) is 16.0 Å². The summed E-state index contributed by atoms with van der Waals surface area (Å²) in [7, 11) is 0. The van der Waals surface area contributed by atoms with E-state index in [9.17, 15) is 19.1 Å². The lowest BCUT2D eigenvalue weighted by molar-refractivity contribution is -0.140. The fraction of sp³-hybridized carbons (Fsp3) is 0.130. The third kappa shape index (κ3) is 3.74. The van der Waals surface area contributed by atoms with Gasteiger partial charge in [-0.1, -0.05) is 35.9 Å². The van der Waals surface area contributed by atoms with Crippen LogP contribution in [0.3, 0.4) is 0 Å². The van der Waals surface area contributed by atoms with Crippen LogP contribution < -0.4 is 0 Å². The molecule has 0 spiro atoms. The van der Waals surface area contributed by atoms with Gasteiger partial charge in [0.25, 0.3) is 11.7 Å². The third-order valence-electron chi connectivity index (χ3n) is 5.01. The molecule has 1 aromatic heterocycles. The van der Waals surface area contributed by atoms with E-state index in [1.807, 2.05) is 0 Å². The Morgan fingerprint density at radius 2 is 1.87 bits per heavy atom. The average molecular weight is 426 g/mol. The van der Waals surface area contributed by atoms with Crippen LogP contribution in [0.4, 0.5) is 4.39 Å². The Hall–Kier alpha value is -3.38. The third-order valence-corrected chi connectivity index (χ3v) is 5.24. The minimum atomic E-state index is -0.876. The summed E-state index contributed by atoms with van der Waals surface area (Å²) >= 11 is 6.01. The van der Waals surface area contributed by atoms with E-state index >= 15 is 0 Å². The van der Waals surface area contributed by atoms with Crippen LogP contribution in [0.5, 0.6) is 0 Å². The topological polar surface area (TPSA) is 70.8 Å². The van der Waals surface area contributed by atoms with E-state index < -0.39 is 17.7 Å². The SMILES string of the molecule is O=C1C(=O)N(CCc2ccc(F)cc2)C(c2ccco2)/C1=C(/O)c1cccc(Cl)c1. The molecule has 4 rings (SSSR count). The van der Waals surface area contributed by atoms with Crippen molar-refractivity contribution in [3.63, 3.8) is 0 Å². The van der Waals surface area contributed by atoms with E-state index in [-0.39, 0.29) is 23.7 Å². The van der Waals surface area contributed by atoms with Crippen LogP contribution in [0.25, 0.3) is 5.76 Å². The van der Waals surface area contributed by atoms with Gasteiger partial charge in [-0.3, -0.25) is 9.59 Å². The summed E-state index contributed by atoms with van der Waals surface area (Å²) in [6.45, 7) is 0.188. The molecule has 7 heteroatoms. The quantitative estimate of drug-likeness (QED) is 0.364. The minimum Gasteiger partial charge on any atom is -0.507 e. The number of carbonyl (C=O) groups is 2. The van der Waals surface area contributed by atoms with Crippen molar-refractivity contribution in [1.29, 1.82) is 0 Å². The molecule has 0 radical (unpaired) electrons. The van der Waals surface area contributed by atoms with Crippen LogP contribution in [0, 0.1) is 5.82 Å². The molecular formula is C23H17ClFNO4. The lowest BCUT2D eigenvalue weighted by atomic mass is 9.99. The normalized spacial score (nSPS) is 18.2. The van der Waals surface area contributed by atoms with E-state index in [1.54, 1.807) is 42.5 Å². The molecular weight excluding hydrogens is 409 g/mol. The fourth-order valence-electron chi connectivity index (χ4n) is 3.55. The zero-order valence-electron chi connectivity index (χ0n) is 15.7. The summed E-state index contributed by atoms with van der Waals surface area (Å²) in [5.41, 5.74) is 1.08. The fourth-order valence-corrected chi connectivity index (χ4v) is 3.74. The van der Waals surface area contributed by atoms with Gasteiger partial charge in [-0.25, -0.2) is 4.39 Å². The molecule has 1 atom stereocenters. The van der Waals surface area contributed by atoms with Crippen molar-refractivity contribution in [2.24, 2.45) is 0 Å². The number of amides is 1. The molecule has 1 N–H and O–H groups in total. The summed E-state index contributed by atoms with van der Waals surface area (Å²) < 4.78 is 18.6. The van der Waals surface area contributed by atoms with Crippen molar-refractivity contribution in [1.82, 2.24) is 4.90 Å². The predicted molar refractivity (Wildman–Crippen MR) is 109 cm³/mol. The summed E-state index contributed by atoms with van der Waals surface area (Å²) in [6, 6.07) is 14.8. The first kappa shape index (κ1) is 19.9. The van der Waals surface area contributed by atoms with Crippen LogP contribution in [0.1, 0.15) is 22.9 Å². The van der Waals surface area contributed by atoms with Crippen LogP contribution in [0.15, 0.2) is 76.9 Å². The Morgan fingerprint density at radius 1 is 1.10 bits per heavy atom. The zero-order chi connectivity index (χ0) is 21.3. The summed E-state index contributed by atoms with van der Waals surface area (Å²) in [4.78, 5) is 27.0. The molecule has 152 valence electrons. The van der Waals surface area contributed by atoms with Gasteiger partial charge in [0.15, 0.2) is 0 Å². The smallest absolute Gasteiger partial charge is 0.295 e. The number of rotatable bonds is 5. The number of benzene rings is 2. The second-order valence-corrected chi connectivity index (χ2v) is 7.33. The number of Topliss-reactive ketones (excluding diaryl/α,β-unsaturated/α-hetero) is 1. The van der Waals surface area contributed by atoms with Crippen LogP contribution in [0.2, 0.25) is 5.02 Å². The van der Waals surface area contributed by atoms with Gasteiger partial charge in [0, 0.05) is 17.1 Å². The number of nitrogens with zero attached hydrogens (tertiary/aromatic N) is 1. The Kier molecular flexibility index (Phi) is 5.42. The number of ketones is 1. The van der Waals surface area contributed by atoms with E-state index in [1.165, 1.54) is 29.4 Å². The largest absolute Gasteiger partial charge is 0.507 e. The molecule has 5 nitrogen and oxygen atoms in total. The second kappa shape index (κ2) is 8.16. The number of halogens is 2. The number of hydrogen-bond donors (Lipinski definition) is 1. The summed E-state index contributed by atoms with van der Waals surface area (Å²) in [5.74, 6) is -1.84. The van der Waals surface area contributed by atoms with Crippen molar-refractivity contribution in [2.75, 3.05) is 6.54 Å². The van der Waals surface area contributed by atoms with Crippen LogP contribution >= 0.6 is 11.6 Å². The van der Waals surface area contributed by atoms with Crippen molar-refractivity contribution in [3.8, 4) is 0 Å². The molecule has 1 saturated heterocycles. The molecule has 0 saturated carbocycles. The van der Waals surface area contributed by atoms with Gasteiger partial charge in [0.05, 0.1) is 11.8 Å². The maximum Gasteiger partial charge on any atom is 0.295 e. The van der Waals surface area contributed by atoms with Gasteiger partial charge in [-0.05, 0) is 48.4 Å². The highest BCUT2D eigenvalue weighted by atomic mass is 35.5. The van der Waals surface area contributed by atoms with Crippen molar-refractivity contribution < 1.29 is 23.5 Å². The predicted octanol–water partition coefficient (Wildman–Crippen LogP) is 4.74. The first-order valence-corrected chi connectivity index (χ1v) is 9.65. The molecule has 1 fully saturated rings. The van der Waals surface area contributed by atoms with Gasteiger partial charge in [0.2, 0.25) is 0 Å². The lowest BCUT2D eigenvalue weighted by Gasteiger charge is -2.23. The minimum absolute atomic E-state index is 0.0590. The Labute approximate surface area is 177 Å². The van der Waals surface area contributed by atoms with Gasteiger partial charge < -0.3 is 14.4 Å². The monoisotopic (exact) mass is 425 g/mol. The highest BCUT2D eigenvalue weighted by molar-refractivity contribution is 6.46. The van der Waals surface area contributed by atoms with Gasteiger partial charge in [-0.2, -0.15) is 0 Å². The Balaban J connectivity index is 1.73. The zero-order valence-corrected chi connectivity index (χ0v) is 16.5. The second-order valence-electron chi connectivity index (χ2n) is 6.89. The van der Waals surface area contributed by atoms with E-state index in [0.29, 0.717) is 22.8 Å². The Bertz CT molecular complexity index is 1120. The number of aliphatic hydroxyl groups excluding tert-OH is 1. The van der Waals surface area contributed by atoms with Gasteiger partial charge in [-0.15, -0.1) is 0 Å². The first-order chi connectivity index (χ1) is 14.5. The standard InChI is InChI=1S/C23H17ClFNO4/c24-16-4-1-3-15(13-16)21(27)19-20(18-5-2-12-30-18)26(23(29)22(19)28)11-10-14-6-8-17(25)9-7-14/h1-9,12-13,20,27H,10-11H2/b21-19-. The van der Waals surface area contributed by atoms with Crippen molar-refractivity contribution in [2.45, 2.75) is 12.5 Å². The maximum absolute atomic E-state index is 13.2. The number of furan rings is 1. The summed E-state index contributed by atoms with van der Waals surface area (Å²) in [5, 5.41) is 11.3. The molecule has 0 aliphatic carbocycles. The van der Waals surface area contributed by atoms with Crippen molar-refractivity contribution in [3.05, 3.63) is 100 Å². The molecule has 1 aliphatic heterocycles. The number of carbonyl (C=O) groups excluding carboxylic acids is 2. The van der Waals surface area contributed by atoms with Gasteiger partial charge in [0.1, 0.15) is 23.4 Å². The molecule has 1 amide bonds. The van der Waals surface area contributed by atoms with E-state index in [2.05, 4.69) is 0 Å². The highest BCUT2D eigenvalue weighted by Crippen LogP contribution is 2.39. The first-order valence-electron chi connectivity index (χ1n) is 9.28. The molecule has 2 heterocycles. The molecule has 30 heavy (non-hydrogen) atoms. The molecule has 1 aliphatic rings. The van der Waals surface area contributed by atoms with Crippen LogP contribution in [-0.4, -0.2) is 28.2 Å². The van der Waals surface area contributed by atoms with Crippen molar-refractivity contribution >= 4 is 29.1 Å².